The van der Waals surface area contributed by atoms with Crippen molar-refractivity contribution in [2.75, 3.05) is 13.7 Å². The highest BCUT2D eigenvalue weighted by Crippen LogP contribution is 2.21. The third-order valence-electron chi connectivity index (χ3n) is 7.01. The molecule has 0 unspecified atom stereocenters. The van der Waals surface area contributed by atoms with Crippen LogP contribution in [0.15, 0.2) is 133 Å². The van der Waals surface area contributed by atoms with Gasteiger partial charge >= 0.3 is 5.97 Å². The standard InChI is InChI=1S/C38H35NO6/c1-42-37(40)25-39(24-32-14-8-16-35(22-32)44-27-30-12-6-3-7-13-30)38(41)33-15-9-17-36(23-33)45-28-31-18-20-34(21-19-31)43-26-29-10-4-2-5-11-29/h2-23H,24-28H2,1H3. The van der Waals surface area contributed by atoms with E-state index in [9.17, 15) is 9.59 Å². The van der Waals surface area contributed by atoms with Gasteiger partial charge in [0.2, 0.25) is 0 Å². The van der Waals surface area contributed by atoms with E-state index < -0.39 is 5.97 Å². The van der Waals surface area contributed by atoms with Gasteiger partial charge in [-0.2, -0.15) is 0 Å². The third kappa shape index (κ3) is 9.46. The van der Waals surface area contributed by atoms with Crippen molar-refractivity contribution in [3.8, 4) is 17.2 Å². The van der Waals surface area contributed by atoms with E-state index in [1.165, 1.54) is 12.0 Å². The van der Waals surface area contributed by atoms with Gasteiger partial charge in [-0.15, -0.1) is 0 Å². The molecule has 0 aliphatic heterocycles. The van der Waals surface area contributed by atoms with Gasteiger partial charge in [-0.3, -0.25) is 9.59 Å². The zero-order chi connectivity index (χ0) is 31.3. The molecular weight excluding hydrogens is 566 g/mol. The van der Waals surface area contributed by atoms with Crippen LogP contribution >= 0.6 is 0 Å². The Morgan fingerprint density at radius 2 is 1.04 bits per heavy atom. The molecule has 0 aliphatic carbocycles. The summed E-state index contributed by atoms with van der Waals surface area (Å²) in [6.45, 7) is 1.23. The Morgan fingerprint density at radius 3 is 1.64 bits per heavy atom. The molecule has 7 nitrogen and oxygen atoms in total. The fourth-order valence-corrected chi connectivity index (χ4v) is 4.61. The monoisotopic (exact) mass is 601 g/mol. The van der Waals surface area contributed by atoms with Crippen LogP contribution in [0.5, 0.6) is 17.2 Å². The molecule has 0 aliphatic rings. The molecule has 5 aromatic carbocycles. The smallest absolute Gasteiger partial charge is 0.325 e. The van der Waals surface area contributed by atoms with Gasteiger partial charge < -0.3 is 23.8 Å². The summed E-state index contributed by atoms with van der Waals surface area (Å²) in [6, 6.07) is 42.1. The van der Waals surface area contributed by atoms with Crippen molar-refractivity contribution in [2.24, 2.45) is 0 Å². The summed E-state index contributed by atoms with van der Waals surface area (Å²) < 4.78 is 22.7. The summed E-state index contributed by atoms with van der Waals surface area (Å²) in [5.74, 6) is 1.16. The molecular formula is C38H35NO6. The Hall–Kier alpha value is -5.56. The molecule has 5 aromatic rings. The first-order valence-corrected chi connectivity index (χ1v) is 14.7. The van der Waals surface area contributed by atoms with E-state index in [-0.39, 0.29) is 19.0 Å². The summed E-state index contributed by atoms with van der Waals surface area (Å²) in [5.41, 5.74) is 4.34. The Labute approximate surface area is 263 Å². The van der Waals surface area contributed by atoms with Gasteiger partial charge in [-0.25, -0.2) is 0 Å². The van der Waals surface area contributed by atoms with Crippen molar-refractivity contribution in [1.82, 2.24) is 4.90 Å². The first-order chi connectivity index (χ1) is 22.1. The van der Waals surface area contributed by atoms with Gasteiger partial charge in [0, 0.05) is 12.1 Å². The molecule has 0 bridgehead atoms. The lowest BCUT2D eigenvalue weighted by molar-refractivity contribution is -0.141. The second-order valence-electron chi connectivity index (χ2n) is 10.4. The highest BCUT2D eigenvalue weighted by atomic mass is 16.5. The molecule has 0 saturated carbocycles. The van der Waals surface area contributed by atoms with Crippen LogP contribution in [0.25, 0.3) is 0 Å². The summed E-state index contributed by atoms with van der Waals surface area (Å²) in [6.07, 6.45) is 0. The zero-order valence-corrected chi connectivity index (χ0v) is 25.1. The summed E-state index contributed by atoms with van der Waals surface area (Å²) in [4.78, 5) is 27.4. The SMILES string of the molecule is COC(=O)CN(Cc1cccc(OCc2ccccc2)c1)C(=O)c1cccc(OCc2ccc(OCc3ccccc3)cc2)c1. The van der Waals surface area contributed by atoms with E-state index >= 15 is 0 Å². The lowest BCUT2D eigenvalue weighted by Crippen LogP contribution is -2.35. The quantitative estimate of drug-likeness (QED) is 0.125. The molecule has 0 spiro atoms. The van der Waals surface area contributed by atoms with Gasteiger partial charge in [0.25, 0.3) is 5.91 Å². The second-order valence-corrected chi connectivity index (χ2v) is 10.4. The second kappa shape index (κ2) is 15.8. The molecule has 228 valence electrons. The highest BCUT2D eigenvalue weighted by Gasteiger charge is 2.20. The van der Waals surface area contributed by atoms with E-state index in [1.807, 2.05) is 109 Å². The van der Waals surface area contributed by atoms with Gasteiger partial charge in [0.05, 0.1) is 7.11 Å². The minimum absolute atomic E-state index is 0.195. The van der Waals surface area contributed by atoms with Gasteiger partial charge in [-0.1, -0.05) is 91.0 Å². The molecule has 0 N–H and O–H groups in total. The first-order valence-electron chi connectivity index (χ1n) is 14.7. The number of hydrogen-bond acceptors (Lipinski definition) is 6. The molecule has 0 radical (unpaired) electrons. The molecule has 0 atom stereocenters. The van der Waals surface area contributed by atoms with E-state index in [0.29, 0.717) is 36.9 Å². The maximum absolute atomic E-state index is 13.6. The number of hydrogen-bond donors (Lipinski definition) is 0. The van der Waals surface area contributed by atoms with E-state index in [0.717, 1.165) is 28.0 Å². The van der Waals surface area contributed by atoms with Crippen molar-refractivity contribution < 1.29 is 28.5 Å². The number of benzene rings is 5. The van der Waals surface area contributed by atoms with Crippen molar-refractivity contribution in [3.05, 3.63) is 161 Å². The number of ether oxygens (including phenoxy) is 4. The molecule has 0 fully saturated rings. The predicted octanol–water partition coefficient (Wildman–Crippen LogP) is 7.24. The van der Waals surface area contributed by atoms with Crippen LogP contribution in [0.4, 0.5) is 0 Å². The van der Waals surface area contributed by atoms with E-state index in [2.05, 4.69) is 0 Å². The number of carbonyl (C=O) groups is 2. The average Bonchev–Trinajstić information content (AvgIpc) is 3.10. The van der Waals surface area contributed by atoms with Crippen molar-refractivity contribution >= 4 is 11.9 Å². The maximum Gasteiger partial charge on any atom is 0.325 e. The number of methoxy groups -OCH3 is 1. The zero-order valence-electron chi connectivity index (χ0n) is 25.1. The Kier molecular flexibility index (Phi) is 10.8. The fraction of sp³-hybridized carbons (Fsp3) is 0.158. The molecule has 7 heteroatoms. The van der Waals surface area contributed by atoms with Crippen molar-refractivity contribution in [3.63, 3.8) is 0 Å². The third-order valence-corrected chi connectivity index (χ3v) is 7.01. The predicted molar refractivity (Wildman–Crippen MR) is 172 cm³/mol. The molecule has 0 heterocycles. The largest absolute Gasteiger partial charge is 0.489 e. The van der Waals surface area contributed by atoms with Crippen LogP contribution in [-0.4, -0.2) is 30.4 Å². The Bertz CT molecular complexity index is 1670. The van der Waals surface area contributed by atoms with Crippen LogP contribution in [0.1, 0.15) is 32.6 Å². The number of esters is 1. The summed E-state index contributed by atoms with van der Waals surface area (Å²) >= 11 is 0. The van der Waals surface area contributed by atoms with Crippen molar-refractivity contribution in [2.45, 2.75) is 26.4 Å². The topological polar surface area (TPSA) is 74.3 Å². The van der Waals surface area contributed by atoms with Crippen LogP contribution in [0.3, 0.4) is 0 Å². The molecule has 45 heavy (non-hydrogen) atoms. The van der Waals surface area contributed by atoms with E-state index in [4.69, 9.17) is 18.9 Å². The van der Waals surface area contributed by atoms with Gasteiger partial charge in [0.15, 0.2) is 0 Å². The van der Waals surface area contributed by atoms with Crippen molar-refractivity contribution in [1.29, 1.82) is 0 Å². The summed E-state index contributed by atoms with van der Waals surface area (Å²) in [5, 5.41) is 0. The maximum atomic E-state index is 13.6. The van der Waals surface area contributed by atoms with Crippen LogP contribution in [0, 0.1) is 0 Å². The van der Waals surface area contributed by atoms with Gasteiger partial charge in [-0.05, 0) is 64.7 Å². The van der Waals surface area contributed by atoms with Crippen LogP contribution in [-0.2, 0) is 35.9 Å². The molecule has 0 saturated heterocycles. The van der Waals surface area contributed by atoms with Crippen LogP contribution < -0.4 is 14.2 Å². The average molecular weight is 602 g/mol. The normalized spacial score (nSPS) is 10.5. The molecule has 1 amide bonds. The molecule has 5 rings (SSSR count). The number of amides is 1. The van der Waals surface area contributed by atoms with Gasteiger partial charge in [0.1, 0.15) is 43.6 Å². The number of nitrogens with zero attached hydrogens (tertiary/aromatic N) is 1. The number of rotatable bonds is 14. The first kappa shape index (κ1) is 30.9. The lowest BCUT2D eigenvalue weighted by Gasteiger charge is -2.22. The Morgan fingerprint density at radius 1 is 0.533 bits per heavy atom. The minimum atomic E-state index is -0.511. The Balaban J connectivity index is 1.20. The number of carbonyl (C=O) groups excluding carboxylic acids is 2. The lowest BCUT2D eigenvalue weighted by atomic mass is 10.1. The minimum Gasteiger partial charge on any atom is -0.489 e. The fourth-order valence-electron chi connectivity index (χ4n) is 4.61. The highest BCUT2D eigenvalue weighted by molar-refractivity contribution is 5.96. The van der Waals surface area contributed by atoms with Crippen LogP contribution in [0.2, 0.25) is 0 Å². The summed E-state index contributed by atoms with van der Waals surface area (Å²) in [7, 11) is 1.31. The van der Waals surface area contributed by atoms with E-state index in [1.54, 1.807) is 24.3 Å². The molecule has 0 aromatic heterocycles.